The zero-order valence-electron chi connectivity index (χ0n) is 12.1. The standard InChI is InChI=1S/C17H16Cl3NO/c1-2-14-10-21(13-6-7-15(19)16(20)9-13)17(22-14)11-4-3-5-12(18)8-11/h3-9,14,17H,2,10H2,1H3. The van der Waals surface area contributed by atoms with Gasteiger partial charge >= 0.3 is 0 Å². The van der Waals surface area contributed by atoms with Crippen LogP contribution >= 0.6 is 34.8 Å². The number of hydrogen-bond donors (Lipinski definition) is 0. The second-order valence-corrected chi connectivity index (χ2v) is 6.58. The van der Waals surface area contributed by atoms with Crippen molar-refractivity contribution in [3.8, 4) is 0 Å². The molecule has 0 radical (unpaired) electrons. The number of nitrogens with zero attached hydrogens (tertiary/aromatic N) is 1. The highest BCUT2D eigenvalue weighted by molar-refractivity contribution is 6.42. The summed E-state index contributed by atoms with van der Waals surface area (Å²) in [5.74, 6) is 0. The van der Waals surface area contributed by atoms with E-state index in [-0.39, 0.29) is 12.3 Å². The van der Waals surface area contributed by atoms with Crippen molar-refractivity contribution >= 4 is 40.5 Å². The summed E-state index contributed by atoms with van der Waals surface area (Å²) in [6.45, 7) is 2.93. The van der Waals surface area contributed by atoms with E-state index in [1.54, 1.807) is 0 Å². The Labute approximate surface area is 145 Å². The molecule has 1 aliphatic heterocycles. The minimum absolute atomic E-state index is 0.166. The summed E-state index contributed by atoms with van der Waals surface area (Å²) in [5.41, 5.74) is 2.03. The van der Waals surface area contributed by atoms with Gasteiger partial charge in [-0.3, -0.25) is 0 Å². The molecule has 116 valence electrons. The molecule has 0 bridgehead atoms. The number of ether oxygens (including phenoxy) is 1. The average Bonchev–Trinajstić information content (AvgIpc) is 2.94. The van der Waals surface area contributed by atoms with Crippen LogP contribution in [0.2, 0.25) is 15.1 Å². The lowest BCUT2D eigenvalue weighted by molar-refractivity contribution is 0.0463. The molecule has 2 aromatic rings. The quantitative estimate of drug-likeness (QED) is 0.672. The third-order valence-corrected chi connectivity index (χ3v) is 4.80. The highest BCUT2D eigenvalue weighted by Gasteiger charge is 2.33. The van der Waals surface area contributed by atoms with Crippen LogP contribution in [-0.2, 0) is 4.74 Å². The third kappa shape index (κ3) is 3.21. The molecule has 3 rings (SSSR count). The molecular weight excluding hydrogens is 341 g/mol. The highest BCUT2D eigenvalue weighted by Crippen LogP contribution is 2.38. The SMILES string of the molecule is CCC1CN(c2ccc(Cl)c(Cl)c2)C(c2cccc(Cl)c2)O1. The number of rotatable bonds is 3. The summed E-state index contributed by atoms with van der Waals surface area (Å²) in [4.78, 5) is 2.20. The molecule has 0 saturated carbocycles. The van der Waals surface area contributed by atoms with Gasteiger partial charge in [0.05, 0.1) is 16.1 Å². The van der Waals surface area contributed by atoms with Gasteiger partial charge in [0.1, 0.15) is 0 Å². The molecule has 0 aliphatic carbocycles. The monoisotopic (exact) mass is 355 g/mol. The number of anilines is 1. The summed E-state index contributed by atoms with van der Waals surface area (Å²) in [7, 11) is 0. The number of halogens is 3. The maximum absolute atomic E-state index is 6.18. The van der Waals surface area contributed by atoms with Gasteiger partial charge in [0, 0.05) is 22.8 Å². The molecule has 1 fully saturated rings. The Morgan fingerprint density at radius 3 is 2.59 bits per heavy atom. The zero-order chi connectivity index (χ0) is 15.7. The van der Waals surface area contributed by atoms with Crippen molar-refractivity contribution in [2.45, 2.75) is 25.7 Å². The smallest absolute Gasteiger partial charge is 0.157 e. The third-order valence-electron chi connectivity index (χ3n) is 3.83. The first-order valence-electron chi connectivity index (χ1n) is 7.21. The molecule has 0 N–H and O–H groups in total. The molecule has 0 spiro atoms. The van der Waals surface area contributed by atoms with Crippen molar-refractivity contribution in [2.24, 2.45) is 0 Å². The van der Waals surface area contributed by atoms with E-state index in [0.29, 0.717) is 15.1 Å². The molecule has 5 heteroatoms. The van der Waals surface area contributed by atoms with Crippen molar-refractivity contribution in [2.75, 3.05) is 11.4 Å². The van der Waals surface area contributed by atoms with Gasteiger partial charge in [-0.2, -0.15) is 0 Å². The second-order valence-electron chi connectivity index (χ2n) is 5.32. The Balaban J connectivity index is 1.97. The largest absolute Gasteiger partial charge is 0.349 e. The van der Waals surface area contributed by atoms with Crippen LogP contribution in [-0.4, -0.2) is 12.6 Å². The molecule has 1 heterocycles. The minimum atomic E-state index is -0.166. The first kappa shape index (κ1) is 15.9. The molecular formula is C17H16Cl3NO. The van der Waals surface area contributed by atoms with Crippen LogP contribution in [0, 0.1) is 0 Å². The first-order chi connectivity index (χ1) is 10.6. The molecule has 2 nitrogen and oxygen atoms in total. The molecule has 1 aliphatic rings. The number of benzene rings is 2. The van der Waals surface area contributed by atoms with E-state index in [1.165, 1.54) is 0 Å². The summed E-state index contributed by atoms with van der Waals surface area (Å²) in [6, 6.07) is 13.4. The van der Waals surface area contributed by atoms with Crippen LogP contribution in [0.1, 0.15) is 25.1 Å². The van der Waals surface area contributed by atoms with Crippen molar-refractivity contribution < 1.29 is 4.74 Å². The minimum Gasteiger partial charge on any atom is -0.349 e. The van der Waals surface area contributed by atoms with E-state index >= 15 is 0 Å². The molecule has 22 heavy (non-hydrogen) atoms. The van der Waals surface area contributed by atoms with Crippen LogP contribution in [0.4, 0.5) is 5.69 Å². The Morgan fingerprint density at radius 1 is 1.09 bits per heavy atom. The predicted molar refractivity (Wildman–Crippen MR) is 93.2 cm³/mol. The molecule has 0 amide bonds. The second kappa shape index (κ2) is 6.67. The summed E-state index contributed by atoms with van der Waals surface area (Å²) in [6.07, 6.45) is 0.967. The van der Waals surface area contributed by atoms with Gasteiger partial charge in [-0.25, -0.2) is 0 Å². The van der Waals surface area contributed by atoms with E-state index in [4.69, 9.17) is 39.5 Å². The first-order valence-corrected chi connectivity index (χ1v) is 8.34. The van der Waals surface area contributed by atoms with Crippen LogP contribution < -0.4 is 4.90 Å². The fourth-order valence-corrected chi connectivity index (χ4v) is 3.15. The lowest BCUT2D eigenvalue weighted by Gasteiger charge is -2.25. The molecule has 2 atom stereocenters. The molecule has 2 unspecified atom stereocenters. The average molecular weight is 357 g/mol. The zero-order valence-corrected chi connectivity index (χ0v) is 14.4. The molecule has 0 aromatic heterocycles. The molecule has 1 saturated heterocycles. The predicted octanol–water partition coefficient (Wildman–Crippen LogP) is 5.96. The highest BCUT2D eigenvalue weighted by atomic mass is 35.5. The van der Waals surface area contributed by atoms with E-state index < -0.39 is 0 Å². The lowest BCUT2D eigenvalue weighted by Crippen LogP contribution is -2.24. The summed E-state index contributed by atoms with van der Waals surface area (Å²) in [5, 5.41) is 1.80. The topological polar surface area (TPSA) is 12.5 Å². The van der Waals surface area contributed by atoms with E-state index in [2.05, 4.69) is 11.8 Å². The maximum atomic E-state index is 6.18. The van der Waals surface area contributed by atoms with E-state index in [1.807, 2.05) is 42.5 Å². The Hall–Kier alpha value is -0.930. The van der Waals surface area contributed by atoms with Crippen LogP contribution in [0.15, 0.2) is 42.5 Å². The van der Waals surface area contributed by atoms with Crippen LogP contribution in [0.3, 0.4) is 0 Å². The van der Waals surface area contributed by atoms with Crippen molar-refractivity contribution in [1.82, 2.24) is 0 Å². The number of hydrogen-bond acceptors (Lipinski definition) is 2. The van der Waals surface area contributed by atoms with Gasteiger partial charge < -0.3 is 9.64 Å². The normalized spacial score (nSPS) is 21.4. The van der Waals surface area contributed by atoms with Crippen LogP contribution in [0.25, 0.3) is 0 Å². The van der Waals surface area contributed by atoms with Gasteiger partial charge in [-0.1, -0.05) is 53.9 Å². The van der Waals surface area contributed by atoms with Crippen molar-refractivity contribution in [1.29, 1.82) is 0 Å². The summed E-state index contributed by atoms with van der Waals surface area (Å²) >= 11 is 18.3. The fourth-order valence-electron chi connectivity index (χ4n) is 2.66. The van der Waals surface area contributed by atoms with E-state index in [0.717, 1.165) is 24.2 Å². The van der Waals surface area contributed by atoms with Gasteiger partial charge in [0.25, 0.3) is 0 Å². The lowest BCUT2D eigenvalue weighted by atomic mass is 10.1. The Bertz CT molecular complexity index is 677. The summed E-state index contributed by atoms with van der Waals surface area (Å²) < 4.78 is 6.18. The van der Waals surface area contributed by atoms with Gasteiger partial charge in [0.15, 0.2) is 6.23 Å². The van der Waals surface area contributed by atoms with E-state index in [9.17, 15) is 0 Å². The van der Waals surface area contributed by atoms with Gasteiger partial charge in [-0.05, 0) is 36.8 Å². The van der Waals surface area contributed by atoms with Crippen LogP contribution in [0.5, 0.6) is 0 Å². The fraction of sp³-hybridized carbons (Fsp3) is 0.294. The molecule has 2 aromatic carbocycles. The maximum Gasteiger partial charge on any atom is 0.157 e. The van der Waals surface area contributed by atoms with Crippen molar-refractivity contribution in [3.63, 3.8) is 0 Å². The van der Waals surface area contributed by atoms with Gasteiger partial charge in [-0.15, -0.1) is 0 Å². The van der Waals surface area contributed by atoms with Crippen molar-refractivity contribution in [3.05, 3.63) is 63.1 Å². The Kier molecular flexibility index (Phi) is 4.84. The Morgan fingerprint density at radius 2 is 1.91 bits per heavy atom. The van der Waals surface area contributed by atoms with Gasteiger partial charge in [0.2, 0.25) is 0 Å².